The van der Waals surface area contributed by atoms with E-state index in [4.69, 9.17) is 4.74 Å². The molecule has 0 amide bonds. The fraction of sp³-hybridized carbons (Fsp3) is 0.929. The SMILES string of the molecule is COC(C)(C(=O)O)C12CC3CC(CC(C3)C1)C2. The van der Waals surface area contributed by atoms with Gasteiger partial charge in [0.05, 0.1) is 0 Å². The lowest BCUT2D eigenvalue weighted by atomic mass is 9.45. The van der Waals surface area contributed by atoms with Gasteiger partial charge in [0, 0.05) is 12.5 Å². The number of carboxylic acids is 1. The molecule has 96 valence electrons. The van der Waals surface area contributed by atoms with Crippen molar-refractivity contribution in [3.8, 4) is 0 Å². The number of aliphatic carboxylic acids is 1. The molecule has 4 aliphatic rings. The number of ether oxygens (including phenoxy) is 1. The van der Waals surface area contributed by atoms with Crippen LogP contribution in [0, 0.1) is 23.2 Å². The molecule has 4 aliphatic carbocycles. The highest BCUT2D eigenvalue weighted by molar-refractivity contribution is 5.78. The van der Waals surface area contributed by atoms with Crippen LogP contribution in [0.5, 0.6) is 0 Å². The molecule has 4 saturated carbocycles. The summed E-state index contributed by atoms with van der Waals surface area (Å²) in [5, 5.41) is 9.57. The lowest BCUT2D eigenvalue weighted by molar-refractivity contribution is -0.207. The summed E-state index contributed by atoms with van der Waals surface area (Å²) in [5.41, 5.74) is -1.08. The molecule has 3 heteroatoms. The maximum absolute atomic E-state index is 11.6. The summed E-state index contributed by atoms with van der Waals surface area (Å²) in [5.74, 6) is 1.50. The first kappa shape index (κ1) is 11.5. The van der Waals surface area contributed by atoms with E-state index in [2.05, 4.69) is 0 Å². The summed E-state index contributed by atoms with van der Waals surface area (Å²) in [6, 6.07) is 0. The summed E-state index contributed by atoms with van der Waals surface area (Å²) in [6.07, 6.45) is 7.19. The van der Waals surface area contributed by atoms with E-state index in [0.717, 1.165) is 37.0 Å². The molecule has 0 aromatic heterocycles. The smallest absolute Gasteiger partial charge is 0.336 e. The first-order valence-corrected chi connectivity index (χ1v) is 6.77. The summed E-state index contributed by atoms with van der Waals surface area (Å²) in [7, 11) is 1.56. The zero-order valence-electron chi connectivity index (χ0n) is 10.7. The van der Waals surface area contributed by atoms with Crippen molar-refractivity contribution in [3.05, 3.63) is 0 Å². The number of carboxylic acid groups (broad SMARTS) is 1. The van der Waals surface area contributed by atoms with Crippen molar-refractivity contribution >= 4 is 5.97 Å². The molecule has 1 atom stereocenters. The van der Waals surface area contributed by atoms with E-state index < -0.39 is 11.6 Å². The second-order valence-corrected chi connectivity index (χ2v) is 6.74. The van der Waals surface area contributed by atoms with Gasteiger partial charge in [-0.3, -0.25) is 0 Å². The van der Waals surface area contributed by atoms with E-state index in [9.17, 15) is 9.90 Å². The van der Waals surface area contributed by atoms with Gasteiger partial charge < -0.3 is 9.84 Å². The first-order valence-electron chi connectivity index (χ1n) is 6.77. The number of hydrogen-bond acceptors (Lipinski definition) is 2. The highest BCUT2D eigenvalue weighted by atomic mass is 16.5. The van der Waals surface area contributed by atoms with Crippen LogP contribution >= 0.6 is 0 Å². The minimum atomic E-state index is -0.983. The lowest BCUT2D eigenvalue weighted by Gasteiger charge is -2.61. The van der Waals surface area contributed by atoms with E-state index in [1.54, 1.807) is 14.0 Å². The van der Waals surface area contributed by atoms with Crippen molar-refractivity contribution in [2.75, 3.05) is 7.11 Å². The van der Waals surface area contributed by atoms with Crippen LogP contribution in [0.3, 0.4) is 0 Å². The number of methoxy groups -OCH3 is 1. The highest BCUT2D eigenvalue weighted by Gasteiger charge is 2.62. The van der Waals surface area contributed by atoms with Gasteiger partial charge >= 0.3 is 5.97 Å². The van der Waals surface area contributed by atoms with Gasteiger partial charge in [0.15, 0.2) is 5.60 Å². The van der Waals surface area contributed by atoms with Crippen molar-refractivity contribution in [2.45, 2.75) is 51.0 Å². The van der Waals surface area contributed by atoms with Gasteiger partial charge in [-0.2, -0.15) is 0 Å². The van der Waals surface area contributed by atoms with E-state index in [-0.39, 0.29) is 5.41 Å². The fourth-order valence-corrected chi connectivity index (χ4v) is 5.23. The van der Waals surface area contributed by atoms with Gasteiger partial charge in [-0.15, -0.1) is 0 Å². The van der Waals surface area contributed by atoms with Crippen LogP contribution in [0.1, 0.15) is 45.4 Å². The highest BCUT2D eigenvalue weighted by Crippen LogP contribution is 2.64. The van der Waals surface area contributed by atoms with Crippen molar-refractivity contribution in [1.82, 2.24) is 0 Å². The standard InChI is InChI=1S/C14H22O3/c1-13(17-2,12(15)16)14-6-9-3-10(7-14)5-11(4-9)8-14/h9-11H,3-8H2,1-2H3,(H,15,16). The zero-order chi connectivity index (χ0) is 12.3. The Morgan fingerprint density at radius 1 is 1.18 bits per heavy atom. The predicted octanol–water partition coefficient (Wildman–Crippen LogP) is 2.69. The minimum Gasteiger partial charge on any atom is -0.479 e. The molecule has 4 fully saturated rings. The topological polar surface area (TPSA) is 46.5 Å². The molecule has 0 radical (unpaired) electrons. The number of hydrogen-bond donors (Lipinski definition) is 1. The largest absolute Gasteiger partial charge is 0.479 e. The lowest BCUT2D eigenvalue weighted by Crippen LogP contribution is -2.61. The molecule has 1 N–H and O–H groups in total. The minimum absolute atomic E-state index is 0.0949. The molecule has 4 bridgehead atoms. The molecule has 0 aromatic carbocycles. The Hall–Kier alpha value is -0.570. The van der Waals surface area contributed by atoms with E-state index in [1.165, 1.54) is 19.3 Å². The van der Waals surface area contributed by atoms with Gasteiger partial charge in [0.1, 0.15) is 0 Å². The summed E-state index contributed by atoms with van der Waals surface area (Å²) in [6.45, 7) is 1.79. The maximum Gasteiger partial charge on any atom is 0.336 e. The molecular formula is C14H22O3. The Kier molecular flexibility index (Phi) is 2.35. The quantitative estimate of drug-likeness (QED) is 0.822. The Morgan fingerprint density at radius 3 is 1.88 bits per heavy atom. The molecule has 17 heavy (non-hydrogen) atoms. The van der Waals surface area contributed by atoms with Gasteiger partial charge in [-0.25, -0.2) is 4.79 Å². The molecule has 0 aromatic rings. The van der Waals surface area contributed by atoms with Crippen LogP contribution in [0.4, 0.5) is 0 Å². The summed E-state index contributed by atoms with van der Waals surface area (Å²) < 4.78 is 5.48. The number of carbonyl (C=O) groups is 1. The Bertz CT molecular complexity index is 314. The molecule has 0 aliphatic heterocycles. The van der Waals surface area contributed by atoms with Crippen molar-refractivity contribution in [2.24, 2.45) is 23.2 Å². The summed E-state index contributed by atoms with van der Waals surface area (Å²) in [4.78, 5) is 11.6. The van der Waals surface area contributed by atoms with Crippen molar-refractivity contribution in [3.63, 3.8) is 0 Å². The third-order valence-corrected chi connectivity index (χ3v) is 5.87. The van der Waals surface area contributed by atoms with Crippen LogP contribution in [-0.4, -0.2) is 23.8 Å². The molecule has 0 spiro atoms. The maximum atomic E-state index is 11.6. The average molecular weight is 238 g/mol. The Balaban J connectivity index is 1.98. The predicted molar refractivity (Wildman–Crippen MR) is 63.7 cm³/mol. The number of rotatable bonds is 3. The van der Waals surface area contributed by atoms with E-state index in [1.807, 2.05) is 0 Å². The van der Waals surface area contributed by atoms with Crippen molar-refractivity contribution < 1.29 is 14.6 Å². The third-order valence-electron chi connectivity index (χ3n) is 5.87. The van der Waals surface area contributed by atoms with Crippen LogP contribution in [0.2, 0.25) is 0 Å². The van der Waals surface area contributed by atoms with E-state index in [0.29, 0.717) is 0 Å². The molecule has 4 rings (SSSR count). The monoisotopic (exact) mass is 238 g/mol. The van der Waals surface area contributed by atoms with Gasteiger partial charge in [-0.05, 0) is 63.2 Å². The average Bonchev–Trinajstić information content (AvgIpc) is 2.25. The van der Waals surface area contributed by atoms with Crippen LogP contribution in [0.25, 0.3) is 0 Å². The van der Waals surface area contributed by atoms with Crippen LogP contribution in [-0.2, 0) is 9.53 Å². The normalized spacial score (nSPS) is 46.8. The molecular weight excluding hydrogens is 216 g/mol. The Morgan fingerprint density at radius 2 is 1.59 bits per heavy atom. The van der Waals surface area contributed by atoms with Gasteiger partial charge in [0.25, 0.3) is 0 Å². The van der Waals surface area contributed by atoms with Gasteiger partial charge in [-0.1, -0.05) is 0 Å². The molecule has 0 heterocycles. The van der Waals surface area contributed by atoms with E-state index >= 15 is 0 Å². The Labute approximate surface area is 103 Å². The second-order valence-electron chi connectivity index (χ2n) is 6.74. The second kappa shape index (κ2) is 3.47. The third kappa shape index (κ3) is 1.41. The van der Waals surface area contributed by atoms with Crippen LogP contribution < -0.4 is 0 Å². The molecule has 0 saturated heterocycles. The van der Waals surface area contributed by atoms with Crippen LogP contribution in [0.15, 0.2) is 0 Å². The molecule has 1 unspecified atom stereocenters. The fourth-order valence-electron chi connectivity index (χ4n) is 5.23. The first-order chi connectivity index (χ1) is 7.99. The van der Waals surface area contributed by atoms with Gasteiger partial charge in [0.2, 0.25) is 0 Å². The van der Waals surface area contributed by atoms with Crippen molar-refractivity contribution in [1.29, 1.82) is 0 Å². The zero-order valence-corrected chi connectivity index (χ0v) is 10.7. The molecule has 3 nitrogen and oxygen atoms in total. The summed E-state index contributed by atoms with van der Waals surface area (Å²) >= 11 is 0.